The van der Waals surface area contributed by atoms with E-state index in [2.05, 4.69) is 12.2 Å². The second kappa shape index (κ2) is 5.70. The van der Waals surface area contributed by atoms with Crippen molar-refractivity contribution in [3.05, 3.63) is 0 Å². The number of hydrogen-bond donors (Lipinski definition) is 1. The summed E-state index contributed by atoms with van der Waals surface area (Å²) in [5.41, 5.74) is 0. The molecule has 0 amide bonds. The maximum absolute atomic E-state index is 11.8. The van der Waals surface area contributed by atoms with Crippen molar-refractivity contribution in [2.75, 3.05) is 19.7 Å². The minimum absolute atomic E-state index is 0.0696. The molecule has 0 spiro atoms. The molecular weight excluding hydrogens is 207 g/mol. The lowest BCUT2D eigenvalue weighted by molar-refractivity contribution is -0.139. The van der Waals surface area contributed by atoms with Crippen LogP contribution in [-0.4, -0.2) is 32.0 Å². The molecule has 1 N–H and O–H groups in total. The zero-order chi connectivity index (χ0) is 11.3. The van der Waals surface area contributed by atoms with Crippen LogP contribution in [-0.2, 0) is 4.74 Å². The number of halogens is 3. The highest BCUT2D eigenvalue weighted by Crippen LogP contribution is 2.22. The van der Waals surface area contributed by atoms with Crippen LogP contribution in [0.5, 0.6) is 0 Å². The number of alkyl halides is 3. The van der Waals surface area contributed by atoms with Gasteiger partial charge in [-0.15, -0.1) is 0 Å². The lowest BCUT2D eigenvalue weighted by Crippen LogP contribution is -2.40. The van der Waals surface area contributed by atoms with Gasteiger partial charge in [-0.1, -0.05) is 6.92 Å². The van der Waals surface area contributed by atoms with Crippen molar-refractivity contribution in [1.29, 1.82) is 0 Å². The van der Waals surface area contributed by atoms with E-state index in [9.17, 15) is 13.2 Å². The summed E-state index contributed by atoms with van der Waals surface area (Å²) in [6, 6.07) is 0. The molecule has 0 radical (unpaired) electrons. The molecule has 0 aromatic heterocycles. The molecular formula is C10H18F3NO. The molecule has 0 aliphatic carbocycles. The first-order valence-corrected chi connectivity index (χ1v) is 5.38. The Bertz CT molecular complexity index is 184. The number of piperidine rings is 1. The monoisotopic (exact) mass is 225 g/mol. The molecule has 2 atom stereocenters. The maximum atomic E-state index is 11.8. The van der Waals surface area contributed by atoms with E-state index in [0.717, 1.165) is 19.5 Å². The van der Waals surface area contributed by atoms with Gasteiger partial charge in [-0.05, 0) is 25.3 Å². The van der Waals surface area contributed by atoms with Gasteiger partial charge in [0.1, 0.15) is 0 Å². The Balaban J connectivity index is 2.08. The van der Waals surface area contributed by atoms with Crippen molar-refractivity contribution >= 4 is 0 Å². The Labute approximate surface area is 88.2 Å². The van der Waals surface area contributed by atoms with Crippen LogP contribution in [0.15, 0.2) is 0 Å². The summed E-state index contributed by atoms with van der Waals surface area (Å²) in [4.78, 5) is 0. The van der Waals surface area contributed by atoms with Crippen molar-refractivity contribution < 1.29 is 17.9 Å². The van der Waals surface area contributed by atoms with Gasteiger partial charge in [0.15, 0.2) is 0 Å². The summed E-state index contributed by atoms with van der Waals surface area (Å²) in [7, 11) is 0. The molecule has 15 heavy (non-hydrogen) atoms. The highest BCUT2D eigenvalue weighted by molar-refractivity contribution is 4.75. The van der Waals surface area contributed by atoms with E-state index in [1.165, 1.54) is 0 Å². The third kappa shape index (κ3) is 5.37. The van der Waals surface area contributed by atoms with Gasteiger partial charge in [0, 0.05) is 19.6 Å². The molecule has 1 aliphatic rings. The quantitative estimate of drug-likeness (QED) is 0.741. The number of rotatable bonds is 4. The lowest BCUT2D eigenvalue weighted by atomic mass is 9.98. The molecule has 0 bridgehead atoms. The van der Waals surface area contributed by atoms with E-state index >= 15 is 0 Å². The summed E-state index contributed by atoms with van der Waals surface area (Å²) in [5.74, 6) is 0.393. The molecule has 0 saturated carbocycles. The number of nitrogens with one attached hydrogen (secondary N) is 1. The SMILES string of the molecule is CC1CNCCC1OCCCC(F)(F)F. The Morgan fingerprint density at radius 3 is 2.73 bits per heavy atom. The normalized spacial score (nSPS) is 28.0. The van der Waals surface area contributed by atoms with Gasteiger partial charge in [-0.3, -0.25) is 0 Å². The summed E-state index contributed by atoms with van der Waals surface area (Å²) in [5, 5.41) is 3.22. The highest BCUT2D eigenvalue weighted by Gasteiger charge is 2.27. The molecule has 2 nitrogen and oxygen atoms in total. The number of ether oxygens (including phenoxy) is 1. The molecule has 1 aliphatic heterocycles. The van der Waals surface area contributed by atoms with E-state index in [1.807, 2.05) is 0 Å². The predicted octanol–water partition coefficient (Wildman–Crippen LogP) is 2.34. The minimum atomic E-state index is -4.05. The Morgan fingerprint density at radius 2 is 2.13 bits per heavy atom. The molecule has 2 unspecified atom stereocenters. The van der Waals surface area contributed by atoms with Crippen molar-refractivity contribution in [3.63, 3.8) is 0 Å². The van der Waals surface area contributed by atoms with Crippen molar-refractivity contribution in [2.45, 2.75) is 38.5 Å². The number of hydrogen-bond acceptors (Lipinski definition) is 2. The standard InChI is InChI=1S/C10H18F3NO/c1-8-7-14-5-3-9(8)15-6-2-4-10(11,12)13/h8-9,14H,2-7H2,1H3. The first kappa shape index (κ1) is 12.8. The first-order chi connectivity index (χ1) is 6.99. The Kier molecular flexibility index (Phi) is 4.86. The van der Waals surface area contributed by atoms with E-state index in [1.54, 1.807) is 0 Å². The van der Waals surface area contributed by atoms with Gasteiger partial charge in [0.2, 0.25) is 0 Å². The van der Waals surface area contributed by atoms with Gasteiger partial charge < -0.3 is 10.1 Å². The molecule has 1 heterocycles. The van der Waals surface area contributed by atoms with Crippen LogP contribution >= 0.6 is 0 Å². The fourth-order valence-electron chi connectivity index (χ4n) is 1.74. The van der Waals surface area contributed by atoms with E-state index in [0.29, 0.717) is 5.92 Å². The van der Waals surface area contributed by atoms with Crippen LogP contribution in [0.1, 0.15) is 26.2 Å². The van der Waals surface area contributed by atoms with Crippen molar-refractivity contribution in [2.24, 2.45) is 5.92 Å². The molecule has 1 rings (SSSR count). The second-order valence-corrected chi connectivity index (χ2v) is 4.10. The third-order valence-electron chi connectivity index (χ3n) is 2.64. The van der Waals surface area contributed by atoms with Crippen molar-refractivity contribution in [1.82, 2.24) is 5.32 Å². The molecule has 0 aromatic rings. The average molecular weight is 225 g/mol. The second-order valence-electron chi connectivity index (χ2n) is 4.10. The lowest BCUT2D eigenvalue weighted by Gasteiger charge is -2.29. The summed E-state index contributed by atoms with van der Waals surface area (Å²) < 4.78 is 40.9. The topological polar surface area (TPSA) is 21.3 Å². The van der Waals surface area contributed by atoms with Gasteiger partial charge >= 0.3 is 6.18 Å². The van der Waals surface area contributed by atoms with Crippen LogP contribution in [0.3, 0.4) is 0 Å². The highest BCUT2D eigenvalue weighted by atomic mass is 19.4. The zero-order valence-corrected chi connectivity index (χ0v) is 8.94. The van der Waals surface area contributed by atoms with Crippen LogP contribution in [0.2, 0.25) is 0 Å². The fraction of sp³-hybridized carbons (Fsp3) is 1.00. The summed E-state index contributed by atoms with van der Waals surface area (Å²) in [6.45, 7) is 4.06. The van der Waals surface area contributed by atoms with Crippen molar-refractivity contribution in [3.8, 4) is 0 Å². The van der Waals surface area contributed by atoms with Gasteiger partial charge in [-0.2, -0.15) is 13.2 Å². The van der Waals surface area contributed by atoms with Gasteiger partial charge in [0.05, 0.1) is 6.10 Å². The van der Waals surface area contributed by atoms with Crippen LogP contribution < -0.4 is 5.32 Å². The Morgan fingerprint density at radius 1 is 1.40 bits per heavy atom. The molecule has 1 saturated heterocycles. The summed E-state index contributed by atoms with van der Waals surface area (Å²) in [6.07, 6.45) is -3.71. The largest absolute Gasteiger partial charge is 0.389 e. The summed E-state index contributed by atoms with van der Waals surface area (Å²) >= 11 is 0. The van der Waals surface area contributed by atoms with Gasteiger partial charge in [0.25, 0.3) is 0 Å². The molecule has 5 heteroatoms. The molecule has 0 aromatic carbocycles. The van der Waals surface area contributed by atoms with E-state index in [4.69, 9.17) is 4.74 Å². The molecule has 90 valence electrons. The first-order valence-electron chi connectivity index (χ1n) is 5.38. The average Bonchev–Trinajstić information content (AvgIpc) is 2.13. The predicted molar refractivity (Wildman–Crippen MR) is 51.7 cm³/mol. The van der Waals surface area contributed by atoms with Gasteiger partial charge in [-0.25, -0.2) is 0 Å². The molecule has 1 fully saturated rings. The fourth-order valence-corrected chi connectivity index (χ4v) is 1.74. The maximum Gasteiger partial charge on any atom is 0.389 e. The Hall–Kier alpha value is -0.290. The van der Waals surface area contributed by atoms with Crippen LogP contribution in [0, 0.1) is 5.92 Å². The van der Waals surface area contributed by atoms with Crippen LogP contribution in [0.25, 0.3) is 0 Å². The van der Waals surface area contributed by atoms with E-state index in [-0.39, 0.29) is 19.1 Å². The van der Waals surface area contributed by atoms with Crippen LogP contribution in [0.4, 0.5) is 13.2 Å². The minimum Gasteiger partial charge on any atom is -0.378 e. The van der Waals surface area contributed by atoms with E-state index < -0.39 is 12.6 Å². The zero-order valence-electron chi connectivity index (χ0n) is 8.94. The third-order valence-corrected chi connectivity index (χ3v) is 2.64. The smallest absolute Gasteiger partial charge is 0.378 e.